The molecule has 0 aliphatic carbocycles. The van der Waals surface area contributed by atoms with Crippen LogP contribution in [0.1, 0.15) is 18.9 Å². The molecule has 1 fully saturated rings. The molecular weight excluding hydrogens is 475 g/mol. The lowest BCUT2D eigenvalue weighted by molar-refractivity contribution is -0.137. The molecule has 4 N–H and O–H groups in total. The molecule has 4 heterocycles. The number of aromatic nitrogens is 7. The Balaban J connectivity index is 1.53. The number of halogens is 3. The van der Waals surface area contributed by atoms with Gasteiger partial charge in [-0.25, -0.2) is 0 Å². The molecule has 36 heavy (non-hydrogen) atoms. The molecule has 1 unspecified atom stereocenters. The second kappa shape index (κ2) is 8.07. The Labute approximate surface area is 201 Å². The Hall–Kier alpha value is -4.42. The van der Waals surface area contributed by atoms with E-state index in [0.717, 1.165) is 29.5 Å². The van der Waals surface area contributed by atoms with E-state index in [-0.39, 0.29) is 34.2 Å². The fourth-order valence-electron chi connectivity index (χ4n) is 4.47. The van der Waals surface area contributed by atoms with Crippen molar-refractivity contribution in [2.45, 2.75) is 19.5 Å². The summed E-state index contributed by atoms with van der Waals surface area (Å²) in [6.07, 6.45) is -3.80. The van der Waals surface area contributed by atoms with Crippen molar-refractivity contribution in [2.24, 2.45) is 5.92 Å². The third-order valence-corrected chi connectivity index (χ3v) is 6.29. The predicted octanol–water partition coefficient (Wildman–Crippen LogP) is 4.19. The molecule has 10 nitrogen and oxygen atoms in total. The normalized spacial score (nSPS) is 16.3. The Morgan fingerprint density at radius 1 is 1.06 bits per heavy atom. The summed E-state index contributed by atoms with van der Waals surface area (Å²) in [5.74, 6) is 0.914. The zero-order chi connectivity index (χ0) is 25.0. The van der Waals surface area contributed by atoms with Crippen LogP contribution in [0.15, 0.2) is 41.2 Å². The average Bonchev–Trinajstić information content (AvgIpc) is 3.57. The van der Waals surface area contributed by atoms with Gasteiger partial charge >= 0.3 is 6.18 Å². The number of anilines is 3. The van der Waals surface area contributed by atoms with Gasteiger partial charge in [0.25, 0.3) is 5.56 Å². The molecule has 0 spiro atoms. The lowest BCUT2D eigenvalue weighted by Gasteiger charge is -2.18. The first-order valence-corrected chi connectivity index (χ1v) is 11.3. The number of rotatable bonds is 4. The molecule has 2 aromatic carbocycles. The van der Waals surface area contributed by atoms with Gasteiger partial charge in [-0.15, -0.1) is 0 Å². The minimum absolute atomic E-state index is 0.0417. The third kappa shape index (κ3) is 3.82. The van der Waals surface area contributed by atoms with Gasteiger partial charge in [-0.2, -0.15) is 33.2 Å². The van der Waals surface area contributed by atoms with Gasteiger partial charge in [-0.3, -0.25) is 20.1 Å². The third-order valence-electron chi connectivity index (χ3n) is 6.29. The van der Waals surface area contributed by atoms with Crippen molar-refractivity contribution in [3.63, 3.8) is 0 Å². The number of nitrogens with zero attached hydrogens (tertiary/aromatic N) is 5. The number of hydrogen-bond acceptors (Lipinski definition) is 7. The maximum absolute atomic E-state index is 14.1. The van der Waals surface area contributed by atoms with Crippen LogP contribution in [0.25, 0.3) is 33.2 Å². The highest BCUT2D eigenvalue weighted by Gasteiger charge is 2.36. The highest BCUT2D eigenvalue weighted by Crippen LogP contribution is 2.38. The molecule has 5 aromatic rings. The minimum Gasteiger partial charge on any atom is -0.340 e. The molecule has 0 bridgehead atoms. The van der Waals surface area contributed by atoms with Crippen molar-refractivity contribution in [3.05, 3.63) is 52.3 Å². The Morgan fingerprint density at radius 3 is 2.67 bits per heavy atom. The Bertz CT molecular complexity index is 1650. The van der Waals surface area contributed by atoms with Crippen molar-refractivity contribution in [1.82, 2.24) is 35.3 Å². The summed E-state index contributed by atoms with van der Waals surface area (Å²) in [5, 5.41) is 15.8. The Kier molecular flexibility index (Phi) is 4.95. The number of nitrogens with one attached hydrogen (secondary N) is 4. The van der Waals surface area contributed by atoms with E-state index in [4.69, 9.17) is 0 Å². The van der Waals surface area contributed by atoms with Crippen molar-refractivity contribution >= 4 is 39.5 Å². The molecule has 184 valence electrons. The van der Waals surface area contributed by atoms with Crippen LogP contribution in [0.2, 0.25) is 0 Å². The van der Waals surface area contributed by atoms with E-state index in [1.165, 1.54) is 0 Å². The van der Waals surface area contributed by atoms with E-state index in [1.54, 1.807) is 0 Å². The first kappa shape index (κ1) is 22.1. The summed E-state index contributed by atoms with van der Waals surface area (Å²) in [7, 11) is 0. The molecule has 6 rings (SSSR count). The number of alkyl halides is 3. The van der Waals surface area contributed by atoms with Crippen molar-refractivity contribution in [3.8, 4) is 11.4 Å². The van der Waals surface area contributed by atoms with Gasteiger partial charge in [-0.05, 0) is 36.6 Å². The standard InChI is InChI=1S/C23H20F3N9O/c1-11-6-7-35(10-11)22-29-18(13-8-14-17(32-34-20(14)36)9-15(13)23(24,25)26)27-21(30-22)28-19-12-4-2-3-5-16(12)31-33-19/h2-5,8-9,11H,6-7,10H2,1H3,(H2,32,34,36)(H2,27,28,29,30,31,33). The first-order valence-electron chi connectivity index (χ1n) is 11.3. The monoisotopic (exact) mass is 495 g/mol. The summed E-state index contributed by atoms with van der Waals surface area (Å²) in [5.41, 5.74) is -0.998. The highest BCUT2D eigenvalue weighted by molar-refractivity contribution is 5.91. The van der Waals surface area contributed by atoms with Crippen molar-refractivity contribution < 1.29 is 13.2 Å². The van der Waals surface area contributed by atoms with Crippen molar-refractivity contribution in [1.29, 1.82) is 0 Å². The van der Waals surface area contributed by atoms with E-state index in [0.29, 0.717) is 24.8 Å². The SMILES string of the molecule is CC1CCN(c2nc(Nc3n[nH]c4ccccc34)nc(-c3cc4c(=O)[nH][nH]c4cc3C(F)(F)F)n2)C1. The van der Waals surface area contributed by atoms with E-state index in [9.17, 15) is 18.0 Å². The largest absolute Gasteiger partial charge is 0.417 e. The van der Waals surface area contributed by atoms with Crippen LogP contribution in [-0.4, -0.2) is 48.4 Å². The van der Waals surface area contributed by atoms with Gasteiger partial charge in [0.15, 0.2) is 11.6 Å². The fraction of sp³-hybridized carbons (Fsp3) is 0.261. The maximum Gasteiger partial charge on any atom is 0.417 e. The summed E-state index contributed by atoms with van der Waals surface area (Å²) in [4.78, 5) is 27.4. The summed E-state index contributed by atoms with van der Waals surface area (Å²) < 4.78 is 42.3. The number of benzene rings is 2. The fourth-order valence-corrected chi connectivity index (χ4v) is 4.47. The van der Waals surface area contributed by atoms with Gasteiger partial charge in [0.1, 0.15) is 0 Å². The van der Waals surface area contributed by atoms with Gasteiger partial charge in [0.2, 0.25) is 11.9 Å². The van der Waals surface area contributed by atoms with E-state index < -0.39 is 17.3 Å². The molecule has 0 amide bonds. The summed E-state index contributed by atoms with van der Waals surface area (Å²) in [6.45, 7) is 3.42. The van der Waals surface area contributed by atoms with Gasteiger partial charge < -0.3 is 10.2 Å². The topological polar surface area (TPSA) is 131 Å². The first-order chi connectivity index (χ1) is 17.3. The van der Waals surface area contributed by atoms with Crippen LogP contribution < -0.4 is 15.8 Å². The second-order valence-corrected chi connectivity index (χ2v) is 8.89. The number of H-pyrrole nitrogens is 3. The molecule has 3 aromatic heterocycles. The average molecular weight is 495 g/mol. The number of fused-ring (bicyclic) bond motifs is 2. The number of hydrogen-bond donors (Lipinski definition) is 4. The predicted molar refractivity (Wildman–Crippen MR) is 128 cm³/mol. The molecule has 1 saturated heterocycles. The van der Waals surface area contributed by atoms with Crippen LogP contribution >= 0.6 is 0 Å². The second-order valence-electron chi connectivity index (χ2n) is 8.89. The van der Waals surface area contributed by atoms with Crippen LogP contribution in [0.3, 0.4) is 0 Å². The molecule has 1 aliphatic heterocycles. The zero-order valence-corrected chi connectivity index (χ0v) is 18.9. The molecule has 0 saturated carbocycles. The quantitative estimate of drug-likeness (QED) is 0.294. The van der Waals surface area contributed by atoms with Crippen LogP contribution in [0.4, 0.5) is 30.9 Å². The number of aromatic amines is 3. The number of para-hydroxylation sites is 1. The van der Waals surface area contributed by atoms with E-state index in [1.807, 2.05) is 29.2 Å². The molecule has 1 atom stereocenters. The molecule has 13 heteroatoms. The van der Waals surface area contributed by atoms with Gasteiger partial charge in [0.05, 0.1) is 22.0 Å². The van der Waals surface area contributed by atoms with Crippen LogP contribution in [-0.2, 0) is 6.18 Å². The highest BCUT2D eigenvalue weighted by atomic mass is 19.4. The lowest BCUT2D eigenvalue weighted by atomic mass is 10.0. The van der Waals surface area contributed by atoms with Crippen molar-refractivity contribution in [2.75, 3.05) is 23.3 Å². The summed E-state index contributed by atoms with van der Waals surface area (Å²) >= 11 is 0. The van der Waals surface area contributed by atoms with E-state index in [2.05, 4.69) is 47.6 Å². The molecule has 0 radical (unpaired) electrons. The smallest absolute Gasteiger partial charge is 0.340 e. The van der Waals surface area contributed by atoms with E-state index >= 15 is 0 Å². The Morgan fingerprint density at radius 2 is 1.89 bits per heavy atom. The molecular formula is C23H20F3N9O. The minimum atomic E-state index is -4.71. The summed E-state index contributed by atoms with van der Waals surface area (Å²) in [6, 6.07) is 9.45. The van der Waals surface area contributed by atoms with Gasteiger partial charge in [-0.1, -0.05) is 19.1 Å². The lowest BCUT2D eigenvalue weighted by Crippen LogP contribution is -2.23. The molecule has 1 aliphatic rings. The van der Waals surface area contributed by atoms with Crippen LogP contribution in [0.5, 0.6) is 0 Å². The zero-order valence-electron chi connectivity index (χ0n) is 18.9. The maximum atomic E-state index is 14.1. The van der Waals surface area contributed by atoms with Crippen LogP contribution in [0, 0.1) is 5.92 Å². The van der Waals surface area contributed by atoms with Gasteiger partial charge in [0, 0.05) is 24.0 Å².